The van der Waals surface area contributed by atoms with E-state index in [4.69, 9.17) is 31.6 Å². The molecule has 33 heavy (non-hydrogen) atoms. The van der Waals surface area contributed by atoms with Crippen molar-refractivity contribution < 1.29 is 4.74 Å². The molecule has 0 amide bonds. The number of halogens is 1. The lowest BCUT2D eigenvalue weighted by Crippen LogP contribution is -2.45. The van der Waals surface area contributed by atoms with Crippen LogP contribution in [-0.2, 0) is 4.74 Å². The number of ether oxygens (including phenoxy) is 1. The molecule has 1 fully saturated rings. The summed E-state index contributed by atoms with van der Waals surface area (Å²) in [5.74, 6) is 0.939. The van der Waals surface area contributed by atoms with Gasteiger partial charge < -0.3 is 9.64 Å². The molecule has 4 aromatic rings. The molecule has 1 aliphatic rings. The van der Waals surface area contributed by atoms with Gasteiger partial charge in [-0.1, -0.05) is 41.9 Å². The maximum Gasteiger partial charge on any atom is 0.128 e. The van der Waals surface area contributed by atoms with Crippen molar-refractivity contribution in [3.8, 4) is 28.3 Å². The second kappa shape index (κ2) is 8.82. The molecule has 5 nitrogen and oxygen atoms in total. The average molecular weight is 455 g/mol. The van der Waals surface area contributed by atoms with Gasteiger partial charge in [-0.25, -0.2) is 4.98 Å². The second-order valence-electron chi connectivity index (χ2n) is 8.44. The Balaban J connectivity index is 1.49. The summed E-state index contributed by atoms with van der Waals surface area (Å²) in [4.78, 5) is 11.7. The fourth-order valence-electron chi connectivity index (χ4n) is 4.45. The number of hydrogen-bond acceptors (Lipinski definition) is 5. The van der Waals surface area contributed by atoms with Crippen LogP contribution in [0.25, 0.3) is 33.2 Å². The lowest BCUT2D eigenvalue weighted by Gasteiger charge is -2.36. The van der Waals surface area contributed by atoms with Gasteiger partial charge in [-0.3, -0.25) is 4.98 Å². The molecule has 164 valence electrons. The van der Waals surface area contributed by atoms with Gasteiger partial charge in [0.1, 0.15) is 5.82 Å². The van der Waals surface area contributed by atoms with E-state index in [-0.39, 0.29) is 12.2 Å². The molecule has 0 N–H and O–H groups in total. The minimum absolute atomic E-state index is 0.180. The van der Waals surface area contributed by atoms with E-state index < -0.39 is 0 Å². The summed E-state index contributed by atoms with van der Waals surface area (Å²) >= 11 is 6.87. The highest BCUT2D eigenvalue weighted by Crippen LogP contribution is 2.37. The van der Waals surface area contributed by atoms with E-state index in [0.29, 0.717) is 10.6 Å². The summed E-state index contributed by atoms with van der Waals surface area (Å²) in [7, 11) is 0. The van der Waals surface area contributed by atoms with Crippen LogP contribution in [-0.4, -0.2) is 35.3 Å². The molecule has 0 saturated carbocycles. The molecular weight excluding hydrogens is 432 g/mol. The van der Waals surface area contributed by atoms with Crippen molar-refractivity contribution in [2.45, 2.75) is 26.1 Å². The van der Waals surface area contributed by atoms with E-state index in [1.165, 1.54) is 0 Å². The molecule has 3 heterocycles. The van der Waals surface area contributed by atoms with Crippen LogP contribution in [0.3, 0.4) is 0 Å². The number of morpholine rings is 1. The first-order valence-electron chi connectivity index (χ1n) is 11.0. The highest BCUT2D eigenvalue weighted by molar-refractivity contribution is 6.38. The molecule has 0 bridgehead atoms. The Morgan fingerprint density at radius 1 is 0.909 bits per heavy atom. The molecule has 2 atom stereocenters. The quantitative estimate of drug-likeness (QED) is 0.374. The van der Waals surface area contributed by atoms with Crippen molar-refractivity contribution in [3.63, 3.8) is 0 Å². The number of anilines is 1. The second-order valence-corrected chi connectivity index (χ2v) is 8.82. The van der Waals surface area contributed by atoms with Crippen molar-refractivity contribution in [3.05, 3.63) is 77.6 Å². The number of fused-ring (bicyclic) bond motifs is 1. The number of pyridine rings is 2. The Kier molecular flexibility index (Phi) is 5.72. The van der Waals surface area contributed by atoms with Gasteiger partial charge in [0.15, 0.2) is 0 Å². The highest BCUT2D eigenvalue weighted by atomic mass is 35.5. The Morgan fingerprint density at radius 2 is 1.64 bits per heavy atom. The minimum atomic E-state index is 0.180. The fraction of sp³-hybridized carbons (Fsp3) is 0.222. The number of rotatable bonds is 3. The maximum atomic E-state index is 9.07. The Hall–Kier alpha value is -3.46. The molecule has 0 radical (unpaired) electrons. The normalized spacial score (nSPS) is 18.3. The number of hydrogen-bond donors (Lipinski definition) is 0. The third kappa shape index (κ3) is 4.16. The van der Waals surface area contributed by atoms with Gasteiger partial charge in [0.05, 0.1) is 34.4 Å². The number of benzene rings is 2. The number of nitrogens with zero attached hydrogens (tertiary/aromatic N) is 4. The van der Waals surface area contributed by atoms with Gasteiger partial charge in [-0.15, -0.1) is 0 Å². The molecule has 0 spiro atoms. The van der Waals surface area contributed by atoms with E-state index in [2.05, 4.69) is 24.8 Å². The smallest absolute Gasteiger partial charge is 0.128 e. The monoisotopic (exact) mass is 454 g/mol. The van der Waals surface area contributed by atoms with Crippen molar-refractivity contribution in [2.75, 3.05) is 18.0 Å². The summed E-state index contributed by atoms with van der Waals surface area (Å²) in [6.07, 6.45) is 4.03. The standard InChI is InChI=1S/C27H23ClN4O/c1-17-15-32(16-18(2)33-17)25-11-10-21(13-30-25)24-14-31-27-22(4-3-5-23(27)26(24)28)20-8-6-19(12-29)7-9-20/h3-11,13-14,17-18H,15-16H2,1-2H3/t17-,18-/m0/s1. The zero-order valence-electron chi connectivity index (χ0n) is 18.5. The van der Waals surface area contributed by atoms with Gasteiger partial charge in [0.25, 0.3) is 0 Å². The number of para-hydroxylation sites is 1. The summed E-state index contributed by atoms with van der Waals surface area (Å²) in [6, 6.07) is 19.7. The van der Waals surface area contributed by atoms with Crippen LogP contribution in [0.1, 0.15) is 19.4 Å². The van der Waals surface area contributed by atoms with Gasteiger partial charge in [-0.05, 0) is 43.7 Å². The largest absolute Gasteiger partial charge is 0.372 e. The molecular formula is C27H23ClN4O. The zero-order valence-corrected chi connectivity index (χ0v) is 19.3. The molecule has 1 aliphatic heterocycles. The summed E-state index contributed by atoms with van der Waals surface area (Å²) < 4.78 is 5.83. The van der Waals surface area contributed by atoms with Gasteiger partial charge in [0.2, 0.25) is 0 Å². The van der Waals surface area contributed by atoms with E-state index >= 15 is 0 Å². The molecule has 2 aromatic carbocycles. The average Bonchev–Trinajstić information content (AvgIpc) is 2.84. The first-order chi connectivity index (χ1) is 16.0. The highest BCUT2D eigenvalue weighted by Gasteiger charge is 2.23. The van der Waals surface area contributed by atoms with Gasteiger partial charge in [-0.2, -0.15) is 5.26 Å². The lowest BCUT2D eigenvalue weighted by molar-refractivity contribution is -0.00545. The van der Waals surface area contributed by atoms with E-state index in [1.54, 1.807) is 0 Å². The maximum absolute atomic E-state index is 9.07. The van der Waals surface area contributed by atoms with Crippen LogP contribution in [0.4, 0.5) is 5.82 Å². The number of aromatic nitrogens is 2. The van der Waals surface area contributed by atoms with Gasteiger partial charge in [0, 0.05) is 47.6 Å². The first-order valence-corrected chi connectivity index (χ1v) is 11.4. The van der Waals surface area contributed by atoms with E-state index in [0.717, 1.165) is 52.1 Å². The Bertz CT molecular complexity index is 1340. The summed E-state index contributed by atoms with van der Waals surface area (Å²) in [5, 5.41) is 10.6. The van der Waals surface area contributed by atoms with Crippen LogP contribution < -0.4 is 4.90 Å². The third-order valence-corrected chi connectivity index (χ3v) is 6.37. The van der Waals surface area contributed by atoms with Crippen molar-refractivity contribution in [1.82, 2.24) is 9.97 Å². The van der Waals surface area contributed by atoms with Gasteiger partial charge >= 0.3 is 0 Å². The molecule has 6 heteroatoms. The topological polar surface area (TPSA) is 62.0 Å². The van der Waals surface area contributed by atoms with E-state index in [9.17, 15) is 0 Å². The predicted molar refractivity (Wildman–Crippen MR) is 132 cm³/mol. The SMILES string of the molecule is C[C@H]1CN(c2ccc(-c3cnc4c(-c5ccc(C#N)cc5)cccc4c3Cl)cn2)C[C@H](C)O1. The van der Waals surface area contributed by atoms with Crippen LogP contribution >= 0.6 is 11.6 Å². The zero-order chi connectivity index (χ0) is 22.9. The van der Waals surface area contributed by atoms with Crippen molar-refractivity contribution >= 4 is 28.3 Å². The first kappa shape index (κ1) is 21.4. The van der Waals surface area contributed by atoms with E-state index in [1.807, 2.05) is 67.0 Å². The predicted octanol–water partition coefficient (Wildman–Crippen LogP) is 6.10. The van der Waals surface area contributed by atoms with Crippen molar-refractivity contribution in [1.29, 1.82) is 5.26 Å². The Labute approximate surface area is 198 Å². The summed E-state index contributed by atoms with van der Waals surface area (Å²) in [5.41, 5.74) is 5.21. The summed E-state index contributed by atoms with van der Waals surface area (Å²) in [6.45, 7) is 5.83. The van der Waals surface area contributed by atoms with Crippen molar-refractivity contribution in [2.24, 2.45) is 0 Å². The molecule has 0 unspecified atom stereocenters. The molecule has 5 rings (SSSR count). The van der Waals surface area contributed by atoms with Crippen LogP contribution in [0.15, 0.2) is 67.0 Å². The molecule has 1 saturated heterocycles. The molecule has 2 aromatic heterocycles. The fourth-order valence-corrected chi connectivity index (χ4v) is 4.76. The third-order valence-electron chi connectivity index (χ3n) is 5.96. The van der Waals surface area contributed by atoms with Crippen LogP contribution in [0.2, 0.25) is 5.02 Å². The van der Waals surface area contributed by atoms with Crippen LogP contribution in [0.5, 0.6) is 0 Å². The lowest BCUT2D eigenvalue weighted by atomic mass is 9.99. The van der Waals surface area contributed by atoms with Crippen LogP contribution in [0, 0.1) is 11.3 Å². The minimum Gasteiger partial charge on any atom is -0.372 e. The molecule has 0 aliphatic carbocycles. The number of nitriles is 1. The Morgan fingerprint density at radius 3 is 2.30 bits per heavy atom.